The van der Waals surface area contributed by atoms with E-state index in [2.05, 4.69) is 0 Å². The summed E-state index contributed by atoms with van der Waals surface area (Å²) < 4.78 is 14.4. The third kappa shape index (κ3) is 1.40. The predicted octanol–water partition coefficient (Wildman–Crippen LogP) is 3.34. The monoisotopic (exact) mass is 322 g/mol. The van der Waals surface area contributed by atoms with E-state index in [1.807, 2.05) is 22.6 Å². The molecule has 1 heterocycles. The van der Waals surface area contributed by atoms with E-state index in [0.29, 0.717) is 10.1 Å². The van der Waals surface area contributed by atoms with Gasteiger partial charge in [0.05, 0.1) is 10.3 Å². The lowest BCUT2D eigenvalue weighted by Gasteiger charge is -1.98. The minimum absolute atomic E-state index is 0.159. The summed E-state index contributed by atoms with van der Waals surface area (Å²) in [5.41, 5.74) is 0.159. The molecule has 0 aliphatic heterocycles. The van der Waals surface area contributed by atoms with E-state index >= 15 is 0 Å². The van der Waals surface area contributed by atoms with Crippen LogP contribution in [0.2, 0.25) is 0 Å². The van der Waals surface area contributed by atoms with Gasteiger partial charge in [0.15, 0.2) is 0 Å². The SMILES string of the molecule is O=C(O)c1ccc(F)c2scc(I)c12. The molecule has 1 N–H and O–H groups in total. The first-order chi connectivity index (χ1) is 6.61. The fraction of sp³-hybridized carbons (Fsp3) is 0. The molecule has 2 aromatic rings. The number of thiophene rings is 1. The number of aromatic carboxylic acids is 1. The highest BCUT2D eigenvalue weighted by Gasteiger charge is 2.15. The second-order valence-electron chi connectivity index (χ2n) is 2.69. The zero-order chi connectivity index (χ0) is 10.3. The summed E-state index contributed by atoms with van der Waals surface area (Å²) in [5, 5.41) is 11.1. The minimum atomic E-state index is -1.02. The maximum Gasteiger partial charge on any atom is 0.336 e. The molecule has 0 amide bonds. The van der Waals surface area contributed by atoms with Crippen LogP contribution in [0.5, 0.6) is 0 Å². The van der Waals surface area contributed by atoms with Crippen molar-refractivity contribution in [3.05, 3.63) is 32.5 Å². The third-order valence-corrected chi connectivity index (χ3v) is 4.12. The van der Waals surface area contributed by atoms with Gasteiger partial charge in [-0.05, 0) is 34.7 Å². The Hall–Kier alpha value is -0.690. The van der Waals surface area contributed by atoms with Crippen LogP contribution in [-0.2, 0) is 0 Å². The molecule has 0 aliphatic rings. The van der Waals surface area contributed by atoms with Crippen LogP contribution in [0.4, 0.5) is 4.39 Å². The topological polar surface area (TPSA) is 37.3 Å². The fourth-order valence-electron chi connectivity index (χ4n) is 1.26. The molecule has 0 spiro atoms. The highest BCUT2D eigenvalue weighted by atomic mass is 127. The van der Waals surface area contributed by atoms with Gasteiger partial charge in [-0.3, -0.25) is 0 Å². The number of rotatable bonds is 1. The molecule has 0 unspecified atom stereocenters. The Balaban J connectivity index is 2.92. The molecule has 0 atom stereocenters. The van der Waals surface area contributed by atoms with E-state index in [0.717, 1.165) is 3.57 Å². The Morgan fingerprint density at radius 2 is 2.21 bits per heavy atom. The number of hydrogen-bond acceptors (Lipinski definition) is 2. The van der Waals surface area contributed by atoms with Crippen LogP contribution in [-0.4, -0.2) is 11.1 Å². The predicted molar refractivity (Wildman–Crippen MR) is 61.5 cm³/mol. The first-order valence-corrected chi connectivity index (χ1v) is 5.65. The molecule has 2 rings (SSSR count). The highest BCUT2D eigenvalue weighted by molar-refractivity contribution is 14.1. The van der Waals surface area contributed by atoms with Crippen LogP contribution >= 0.6 is 33.9 Å². The summed E-state index contributed by atoms with van der Waals surface area (Å²) in [7, 11) is 0. The van der Waals surface area contributed by atoms with Crippen molar-refractivity contribution in [2.24, 2.45) is 0 Å². The third-order valence-electron chi connectivity index (χ3n) is 1.86. The van der Waals surface area contributed by atoms with E-state index in [4.69, 9.17) is 5.11 Å². The van der Waals surface area contributed by atoms with Crippen molar-refractivity contribution in [2.45, 2.75) is 0 Å². The number of carboxylic acid groups (broad SMARTS) is 1. The molecule has 0 saturated heterocycles. The van der Waals surface area contributed by atoms with Gasteiger partial charge in [-0.2, -0.15) is 0 Å². The molecule has 1 aromatic heterocycles. The smallest absolute Gasteiger partial charge is 0.336 e. The molecule has 5 heteroatoms. The van der Waals surface area contributed by atoms with E-state index in [9.17, 15) is 9.18 Å². The first kappa shape index (κ1) is 9.85. The van der Waals surface area contributed by atoms with Crippen LogP contribution in [0.25, 0.3) is 10.1 Å². The van der Waals surface area contributed by atoms with E-state index in [1.54, 1.807) is 5.38 Å². The number of benzene rings is 1. The van der Waals surface area contributed by atoms with Gasteiger partial charge in [-0.25, -0.2) is 9.18 Å². The maximum atomic E-state index is 13.3. The van der Waals surface area contributed by atoms with E-state index in [-0.39, 0.29) is 11.4 Å². The number of carbonyl (C=O) groups is 1. The molecule has 0 saturated carbocycles. The van der Waals surface area contributed by atoms with Gasteiger partial charge < -0.3 is 5.11 Å². The molecule has 0 radical (unpaired) electrons. The molecule has 0 bridgehead atoms. The standard InChI is InChI=1S/C9H4FIO2S/c10-5-2-1-4(9(12)13)7-6(11)3-14-8(5)7/h1-3H,(H,12,13). The largest absolute Gasteiger partial charge is 0.478 e. The van der Waals surface area contributed by atoms with Crippen LogP contribution < -0.4 is 0 Å². The summed E-state index contributed by atoms with van der Waals surface area (Å²) in [6, 6.07) is 2.49. The molecule has 72 valence electrons. The van der Waals surface area contributed by atoms with Crippen molar-refractivity contribution in [1.29, 1.82) is 0 Å². The highest BCUT2D eigenvalue weighted by Crippen LogP contribution is 2.32. The lowest BCUT2D eigenvalue weighted by Crippen LogP contribution is -1.97. The number of fused-ring (bicyclic) bond motifs is 1. The molecular formula is C9H4FIO2S. The quantitative estimate of drug-likeness (QED) is 0.818. The van der Waals surface area contributed by atoms with Crippen molar-refractivity contribution >= 4 is 50.0 Å². The molecule has 0 aliphatic carbocycles. The lowest BCUT2D eigenvalue weighted by atomic mass is 10.1. The Morgan fingerprint density at radius 3 is 2.86 bits per heavy atom. The van der Waals surface area contributed by atoms with E-state index in [1.165, 1.54) is 23.5 Å². The van der Waals surface area contributed by atoms with Gasteiger partial charge in [-0.1, -0.05) is 0 Å². The van der Waals surface area contributed by atoms with Crippen molar-refractivity contribution in [1.82, 2.24) is 0 Å². The van der Waals surface area contributed by atoms with Crippen molar-refractivity contribution in [3.8, 4) is 0 Å². The van der Waals surface area contributed by atoms with Crippen LogP contribution in [0.15, 0.2) is 17.5 Å². The van der Waals surface area contributed by atoms with Crippen LogP contribution in [0.3, 0.4) is 0 Å². The second kappa shape index (κ2) is 3.47. The summed E-state index contributed by atoms with van der Waals surface area (Å²) in [5.74, 6) is -1.38. The number of carboxylic acids is 1. The van der Waals surface area contributed by atoms with Crippen molar-refractivity contribution in [3.63, 3.8) is 0 Å². The summed E-state index contributed by atoms with van der Waals surface area (Å²) >= 11 is 3.24. The fourth-order valence-corrected chi connectivity index (χ4v) is 3.24. The van der Waals surface area contributed by atoms with Gasteiger partial charge in [0.2, 0.25) is 0 Å². The van der Waals surface area contributed by atoms with E-state index < -0.39 is 5.97 Å². The molecule has 14 heavy (non-hydrogen) atoms. The number of halogens is 2. The van der Waals surface area contributed by atoms with Crippen molar-refractivity contribution < 1.29 is 14.3 Å². The average Bonchev–Trinajstić information content (AvgIpc) is 2.50. The van der Waals surface area contributed by atoms with Crippen molar-refractivity contribution in [2.75, 3.05) is 0 Å². The molecule has 1 aromatic carbocycles. The van der Waals surface area contributed by atoms with Gasteiger partial charge in [-0.15, -0.1) is 11.3 Å². The first-order valence-electron chi connectivity index (χ1n) is 3.69. The second-order valence-corrected chi connectivity index (χ2v) is 4.73. The van der Waals surface area contributed by atoms with Gasteiger partial charge >= 0.3 is 5.97 Å². The zero-order valence-electron chi connectivity index (χ0n) is 6.75. The van der Waals surface area contributed by atoms with Gasteiger partial charge in [0.1, 0.15) is 5.82 Å². The Morgan fingerprint density at radius 1 is 1.50 bits per heavy atom. The molecule has 2 nitrogen and oxygen atoms in total. The van der Waals surface area contributed by atoms with Gasteiger partial charge in [0.25, 0.3) is 0 Å². The Kier molecular flexibility index (Phi) is 2.44. The maximum absolute atomic E-state index is 13.3. The summed E-state index contributed by atoms with van der Waals surface area (Å²) in [4.78, 5) is 10.9. The number of hydrogen-bond donors (Lipinski definition) is 1. The van der Waals surface area contributed by atoms with Crippen LogP contribution in [0, 0.1) is 9.39 Å². The Labute approximate surface area is 96.5 Å². The summed E-state index contributed by atoms with van der Waals surface area (Å²) in [6.07, 6.45) is 0. The molecule has 0 fully saturated rings. The average molecular weight is 322 g/mol. The zero-order valence-corrected chi connectivity index (χ0v) is 9.73. The Bertz CT molecular complexity index is 521. The van der Waals surface area contributed by atoms with Gasteiger partial charge in [0, 0.05) is 14.3 Å². The van der Waals surface area contributed by atoms with Crippen LogP contribution in [0.1, 0.15) is 10.4 Å². The minimum Gasteiger partial charge on any atom is -0.478 e. The normalized spacial score (nSPS) is 10.7. The summed E-state index contributed by atoms with van der Waals surface area (Å²) in [6.45, 7) is 0. The lowest BCUT2D eigenvalue weighted by molar-refractivity contribution is 0.0699. The molecular weight excluding hydrogens is 318 g/mol.